The standard InChI is InChI=1S/C38H76/c1-20-23(4)25(6)28(9)31(12)33(14)37(18,19)34(15)32(13)30(11)29(10)27(8)26(7)24(5)21-38(22(2)3)35(16)36(38)17/h22-36H,20-21H2,1-19H3. The molecule has 0 bridgehead atoms. The van der Waals surface area contributed by atoms with Gasteiger partial charge in [-0.2, -0.15) is 0 Å². The van der Waals surface area contributed by atoms with Crippen LogP contribution in [0.25, 0.3) is 0 Å². The molecule has 0 nitrogen and oxygen atoms in total. The molecule has 0 heterocycles. The molecule has 0 aliphatic heterocycles. The Kier molecular flexibility index (Phi) is 13.1. The number of hydrogen-bond donors (Lipinski definition) is 0. The molecule has 0 aromatic rings. The van der Waals surface area contributed by atoms with Crippen molar-refractivity contribution in [1.29, 1.82) is 0 Å². The second-order valence-corrected chi connectivity index (χ2v) is 16.7. The Morgan fingerprint density at radius 3 is 1.16 bits per heavy atom. The first-order chi connectivity index (χ1) is 17.2. The smallest absolute Gasteiger partial charge is 0.0215 e. The largest absolute Gasteiger partial charge is 0.0651 e. The summed E-state index contributed by atoms with van der Waals surface area (Å²) in [7, 11) is 0. The highest BCUT2D eigenvalue weighted by atomic mass is 14.6. The zero-order chi connectivity index (χ0) is 30.1. The predicted octanol–water partition coefficient (Wildman–Crippen LogP) is 12.4. The van der Waals surface area contributed by atoms with Gasteiger partial charge in [0.15, 0.2) is 0 Å². The van der Waals surface area contributed by atoms with Gasteiger partial charge in [-0.05, 0) is 106 Å². The lowest BCUT2D eigenvalue weighted by molar-refractivity contribution is 0.00353. The summed E-state index contributed by atoms with van der Waals surface area (Å²) in [6.45, 7) is 48.2. The minimum atomic E-state index is 0.334. The molecule has 1 saturated carbocycles. The van der Waals surface area contributed by atoms with Gasteiger partial charge in [-0.15, -0.1) is 0 Å². The molecular formula is C38H76. The summed E-state index contributed by atoms with van der Waals surface area (Å²) in [5.74, 6) is 11.7. The lowest BCUT2D eigenvalue weighted by Crippen LogP contribution is -2.42. The van der Waals surface area contributed by atoms with E-state index >= 15 is 0 Å². The molecule has 14 unspecified atom stereocenters. The lowest BCUT2D eigenvalue weighted by atomic mass is 9.57. The third-order valence-corrected chi connectivity index (χ3v) is 15.4. The maximum atomic E-state index is 2.59. The zero-order valence-corrected chi connectivity index (χ0v) is 30.1. The van der Waals surface area contributed by atoms with E-state index in [2.05, 4.69) is 132 Å². The lowest BCUT2D eigenvalue weighted by Gasteiger charge is -2.48. The molecule has 0 spiro atoms. The summed E-state index contributed by atoms with van der Waals surface area (Å²) < 4.78 is 0. The van der Waals surface area contributed by atoms with Crippen LogP contribution in [0.1, 0.15) is 144 Å². The molecule has 1 aliphatic carbocycles. The van der Waals surface area contributed by atoms with Crippen LogP contribution in [0.15, 0.2) is 0 Å². The molecular weight excluding hydrogens is 456 g/mol. The molecule has 0 heteroatoms. The van der Waals surface area contributed by atoms with Crippen molar-refractivity contribution in [3.8, 4) is 0 Å². The first kappa shape index (κ1) is 36.0. The van der Waals surface area contributed by atoms with E-state index in [4.69, 9.17) is 0 Å². The van der Waals surface area contributed by atoms with E-state index in [-0.39, 0.29) is 0 Å². The van der Waals surface area contributed by atoms with Crippen molar-refractivity contribution in [2.24, 2.45) is 99.6 Å². The number of rotatable bonds is 16. The van der Waals surface area contributed by atoms with Crippen LogP contribution in [0.5, 0.6) is 0 Å². The van der Waals surface area contributed by atoms with Gasteiger partial charge < -0.3 is 0 Å². The molecule has 0 saturated heterocycles. The SMILES string of the molecule is CCC(C)C(C)C(C)C(C)C(C)C(C)(C)C(C)C(C)C(C)C(C)C(C)C(C)C(C)CC1(C(C)C)C(C)C1C. The summed E-state index contributed by atoms with van der Waals surface area (Å²) in [4.78, 5) is 0. The van der Waals surface area contributed by atoms with Gasteiger partial charge in [-0.25, -0.2) is 0 Å². The normalized spacial score (nSPS) is 31.9. The monoisotopic (exact) mass is 533 g/mol. The Bertz CT molecular complexity index is 669. The van der Waals surface area contributed by atoms with Gasteiger partial charge in [-0.1, -0.05) is 138 Å². The maximum Gasteiger partial charge on any atom is -0.0215 e. The molecule has 1 fully saturated rings. The maximum absolute atomic E-state index is 2.59. The van der Waals surface area contributed by atoms with Crippen LogP contribution in [-0.2, 0) is 0 Å². The van der Waals surface area contributed by atoms with E-state index in [1.165, 1.54) is 12.8 Å². The van der Waals surface area contributed by atoms with Crippen LogP contribution in [-0.4, -0.2) is 0 Å². The van der Waals surface area contributed by atoms with E-state index in [0.29, 0.717) is 16.7 Å². The van der Waals surface area contributed by atoms with Crippen molar-refractivity contribution in [3.05, 3.63) is 0 Å². The average molecular weight is 533 g/mol. The summed E-state index contributed by atoms with van der Waals surface area (Å²) in [6.07, 6.45) is 2.71. The molecule has 14 atom stereocenters. The zero-order valence-electron chi connectivity index (χ0n) is 30.1. The second kappa shape index (κ2) is 13.8. The number of hydrogen-bond acceptors (Lipinski definition) is 0. The van der Waals surface area contributed by atoms with Gasteiger partial charge in [0, 0.05) is 0 Å². The quantitative estimate of drug-likeness (QED) is 0.185. The Hall–Kier alpha value is 0. The first-order valence-electron chi connectivity index (χ1n) is 17.2. The summed E-state index contributed by atoms with van der Waals surface area (Å²) in [5, 5.41) is 0. The summed E-state index contributed by atoms with van der Waals surface area (Å²) >= 11 is 0. The molecule has 0 aromatic heterocycles. The van der Waals surface area contributed by atoms with Gasteiger partial charge in [-0.3, -0.25) is 0 Å². The fourth-order valence-electron chi connectivity index (χ4n) is 9.30. The molecule has 0 N–H and O–H groups in total. The van der Waals surface area contributed by atoms with Crippen LogP contribution >= 0.6 is 0 Å². The van der Waals surface area contributed by atoms with Gasteiger partial charge in [0.2, 0.25) is 0 Å². The van der Waals surface area contributed by atoms with Gasteiger partial charge in [0.1, 0.15) is 0 Å². The Morgan fingerprint density at radius 2 is 0.816 bits per heavy atom. The van der Waals surface area contributed by atoms with E-state index < -0.39 is 0 Å². The van der Waals surface area contributed by atoms with Crippen molar-refractivity contribution < 1.29 is 0 Å². The highest BCUT2D eigenvalue weighted by molar-refractivity contribution is 5.08. The van der Waals surface area contributed by atoms with Gasteiger partial charge in [0.05, 0.1) is 0 Å². The highest BCUT2D eigenvalue weighted by Crippen LogP contribution is 2.66. The van der Waals surface area contributed by atoms with Crippen molar-refractivity contribution in [3.63, 3.8) is 0 Å². The van der Waals surface area contributed by atoms with Crippen molar-refractivity contribution in [1.82, 2.24) is 0 Å². The second-order valence-electron chi connectivity index (χ2n) is 16.7. The van der Waals surface area contributed by atoms with Crippen molar-refractivity contribution >= 4 is 0 Å². The van der Waals surface area contributed by atoms with Crippen molar-refractivity contribution in [2.45, 2.75) is 144 Å². The molecule has 228 valence electrons. The Labute approximate surface area is 243 Å². The average Bonchev–Trinajstić information content (AvgIpc) is 3.41. The van der Waals surface area contributed by atoms with Crippen LogP contribution in [0.2, 0.25) is 0 Å². The molecule has 1 rings (SSSR count). The van der Waals surface area contributed by atoms with Crippen molar-refractivity contribution in [2.75, 3.05) is 0 Å². The van der Waals surface area contributed by atoms with Gasteiger partial charge in [0.25, 0.3) is 0 Å². The van der Waals surface area contributed by atoms with Crippen LogP contribution < -0.4 is 0 Å². The summed E-state index contributed by atoms with van der Waals surface area (Å²) in [6, 6.07) is 0. The molecule has 1 aliphatic rings. The molecule has 0 amide bonds. The van der Waals surface area contributed by atoms with Gasteiger partial charge >= 0.3 is 0 Å². The fraction of sp³-hybridized carbons (Fsp3) is 1.00. The van der Waals surface area contributed by atoms with Crippen LogP contribution in [0, 0.1) is 99.6 Å². The molecule has 38 heavy (non-hydrogen) atoms. The predicted molar refractivity (Wildman–Crippen MR) is 174 cm³/mol. The highest BCUT2D eigenvalue weighted by Gasteiger charge is 2.60. The van der Waals surface area contributed by atoms with Crippen LogP contribution in [0.4, 0.5) is 0 Å². The third-order valence-electron chi connectivity index (χ3n) is 15.4. The minimum absolute atomic E-state index is 0.334. The Morgan fingerprint density at radius 1 is 0.500 bits per heavy atom. The topological polar surface area (TPSA) is 0 Å². The third kappa shape index (κ3) is 7.07. The van der Waals surface area contributed by atoms with E-state index in [0.717, 1.165) is 82.9 Å². The van der Waals surface area contributed by atoms with E-state index in [9.17, 15) is 0 Å². The van der Waals surface area contributed by atoms with E-state index in [1.54, 1.807) is 0 Å². The fourth-order valence-corrected chi connectivity index (χ4v) is 9.30. The Balaban J connectivity index is 2.92. The van der Waals surface area contributed by atoms with Crippen LogP contribution in [0.3, 0.4) is 0 Å². The molecule has 0 aromatic carbocycles. The van der Waals surface area contributed by atoms with E-state index in [1.807, 2.05) is 0 Å². The summed E-state index contributed by atoms with van der Waals surface area (Å²) in [5.41, 5.74) is 0.921. The molecule has 0 radical (unpaired) electrons. The minimum Gasteiger partial charge on any atom is -0.0651 e. The first-order valence-corrected chi connectivity index (χ1v) is 17.2.